The summed E-state index contributed by atoms with van der Waals surface area (Å²) < 4.78 is 0. The van der Waals surface area contributed by atoms with Crippen molar-refractivity contribution in [1.82, 2.24) is 14.7 Å². The molecule has 2 heterocycles. The van der Waals surface area contributed by atoms with Gasteiger partial charge in [-0.15, -0.1) is 0 Å². The van der Waals surface area contributed by atoms with Crippen LogP contribution in [0.3, 0.4) is 0 Å². The molecule has 2 amide bonds. The molecule has 2 aliphatic heterocycles. The van der Waals surface area contributed by atoms with Crippen LogP contribution in [0.4, 0.5) is 0 Å². The molecule has 3 rings (SSSR count). The molecule has 1 atom stereocenters. The average molecular weight is 415 g/mol. The van der Waals surface area contributed by atoms with E-state index < -0.39 is 0 Å². The number of hydrogen-bond acceptors (Lipinski definition) is 4. The van der Waals surface area contributed by atoms with E-state index in [9.17, 15) is 9.59 Å². The van der Waals surface area contributed by atoms with Gasteiger partial charge in [0.25, 0.3) is 0 Å². The number of primary amides is 1. The summed E-state index contributed by atoms with van der Waals surface area (Å²) in [6.07, 6.45) is 7.19. The van der Waals surface area contributed by atoms with Crippen molar-refractivity contribution in [2.24, 2.45) is 11.7 Å². The molecule has 2 aliphatic rings. The fourth-order valence-corrected chi connectivity index (χ4v) is 4.54. The molecule has 0 aromatic heterocycles. The molecular weight excluding hydrogens is 376 g/mol. The smallest absolute Gasteiger partial charge is 0.222 e. The molecule has 1 unspecified atom stereocenters. The molecule has 0 saturated carbocycles. The SMILES string of the molecule is CN(CCN1CCCCC1)C(=O)CCc1ccc(CN2CCCC(C(N)=O)C2)cc1. The molecule has 0 spiro atoms. The van der Waals surface area contributed by atoms with Crippen molar-refractivity contribution in [3.8, 4) is 0 Å². The third kappa shape index (κ3) is 7.10. The highest BCUT2D eigenvalue weighted by Gasteiger charge is 2.23. The number of nitrogens with zero attached hydrogens (tertiary/aromatic N) is 3. The summed E-state index contributed by atoms with van der Waals surface area (Å²) in [5, 5.41) is 0. The molecule has 166 valence electrons. The van der Waals surface area contributed by atoms with Gasteiger partial charge in [-0.3, -0.25) is 14.5 Å². The Labute approximate surface area is 181 Å². The molecule has 2 N–H and O–H groups in total. The first kappa shape index (κ1) is 22.8. The number of aryl methyl sites for hydroxylation is 1. The number of hydrogen-bond donors (Lipinski definition) is 1. The van der Waals surface area contributed by atoms with Crippen molar-refractivity contribution in [2.45, 2.75) is 51.5 Å². The van der Waals surface area contributed by atoms with E-state index in [1.165, 1.54) is 43.5 Å². The summed E-state index contributed by atoms with van der Waals surface area (Å²) >= 11 is 0. The Hall–Kier alpha value is -1.92. The lowest BCUT2D eigenvalue weighted by atomic mass is 9.97. The summed E-state index contributed by atoms with van der Waals surface area (Å²) in [4.78, 5) is 30.6. The minimum Gasteiger partial charge on any atom is -0.369 e. The lowest BCUT2D eigenvalue weighted by Gasteiger charge is -2.31. The summed E-state index contributed by atoms with van der Waals surface area (Å²) in [7, 11) is 1.92. The van der Waals surface area contributed by atoms with Gasteiger partial charge in [0.05, 0.1) is 5.92 Å². The van der Waals surface area contributed by atoms with Crippen LogP contribution in [0.1, 0.15) is 49.7 Å². The number of amides is 2. The van der Waals surface area contributed by atoms with Crippen LogP contribution in [0.25, 0.3) is 0 Å². The van der Waals surface area contributed by atoms with E-state index in [1.54, 1.807) is 0 Å². The van der Waals surface area contributed by atoms with Crippen LogP contribution in [-0.2, 0) is 22.6 Å². The van der Waals surface area contributed by atoms with Crippen LogP contribution < -0.4 is 5.73 Å². The molecule has 0 radical (unpaired) electrons. The van der Waals surface area contributed by atoms with Gasteiger partial charge in [0, 0.05) is 39.6 Å². The van der Waals surface area contributed by atoms with Crippen molar-refractivity contribution in [2.75, 3.05) is 46.3 Å². The van der Waals surface area contributed by atoms with Crippen molar-refractivity contribution in [3.05, 3.63) is 35.4 Å². The highest BCUT2D eigenvalue weighted by Crippen LogP contribution is 2.19. The van der Waals surface area contributed by atoms with Gasteiger partial charge in [0.1, 0.15) is 0 Å². The largest absolute Gasteiger partial charge is 0.369 e. The Morgan fingerprint density at radius 3 is 2.37 bits per heavy atom. The molecule has 0 aliphatic carbocycles. The fourth-order valence-electron chi connectivity index (χ4n) is 4.54. The third-order valence-corrected chi connectivity index (χ3v) is 6.59. The zero-order valence-corrected chi connectivity index (χ0v) is 18.5. The lowest BCUT2D eigenvalue weighted by molar-refractivity contribution is -0.130. The first-order valence-electron chi connectivity index (χ1n) is 11.6. The Balaban J connectivity index is 1.38. The van der Waals surface area contributed by atoms with Crippen molar-refractivity contribution in [1.29, 1.82) is 0 Å². The van der Waals surface area contributed by atoms with E-state index in [-0.39, 0.29) is 17.7 Å². The van der Waals surface area contributed by atoms with Crippen molar-refractivity contribution < 1.29 is 9.59 Å². The van der Waals surface area contributed by atoms with Crippen LogP contribution in [0.5, 0.6) is 0 Å². The number of rotatable bonds is 9. The number of carbonyl (C=O) groups excluding carboxylic acids is 2. The predicted octanol–water partition coefficient (Wildman–Crippen LogP) is 2.26. The second-order valence-electron chi connectivity index (χ2n) is 9.01. The maximum Gasteiger partial charge on any atom is 0.222 e. The van der Waals surface area contributed by atoms with Gasteiger partial charge in [0.2, 0.25) is 11.8 Å². The number of piperidine rings is 2. The first-order valence-corrected chi connectivity index (χ1v) is 11.6. The summed E-state index contributed by atoms with van der Waals surface area (Å²) in [6, 6.07) is 8.55. The monoisotopic (exact) mass is 414 g/mol. The van der Waals surface area contributed by atoms with E-state index >= 15 is 0 Å². The second kappa shape index (κ2) is 11.5. The molecular formula is C24H38N4O2. The van der Waals surface area contributed by atoms with Crippen LogP contribution in [-0.4, -0.2) is 72.8 Å². The molecule has 0 bridgehead atoms. The molecule has 2 saturated heterocycles. The molecule has 30 heavy (non-hydrogen) atoms. The Kier molecular flexibility index (Phi) is 8.70. The van der Waals surface area contributed by atoms with Crippen LogP contribution >= 0.6 is 0 Å². The Morgan fingerprint density at radius 2 is 1.67 bits per heavy atom. The van der Waals surface area contributed by atoms with E-state index in [4.69, 9.17) is 5.73 Å². The summed E-state index contributed by atoms with van der Waals surface area (Å²) in [6.45, 7) is 6.79. The van der Waals surface area contributed by atoms with Crippen LogP contribution in [0.15, 0.2) is 24.3 Å². The number of carbonyl (C=O) groups is 2. The molecule has 1 aromatic rings. The summed E-state index contributed by atoms with van der Waals surface area (Å²) in [5.41, 5.74) is 7.92. The van der Waals surface area contributed by atoms with E-state index in [1.807, 2.05) is 11.9 Å². The topological polar surface area (TPSA) is 69.9 Å². The van der Waals surface area contributed by atoms with Gasteiger partial charge in [-0.05, 0) is 62.9 Å². The van der Waals surface area contributed by atoms with Gasteiger partial charge in [-0.25, -0.2) is 0 Å². The molecule has 6 nitrogen and oxygen atoms in total. The third-order valence-electron chi connectivity index (χ3n) is 6.59. The maximum atomic E-state index is 12.5. The summed E-state index contributed by atoms with van der Waals surface area (Å²) in [5.74, 6) is 0.0263. The number of likely N-dealkylation sites (tertiary alicyclic amines) is 2. The molecule has 6 heteroatoms. The Bertz CT molecular complexity index is 685. The average Bonchev–Trinajstić information content (AvgIpc) is 2.77. The number of likely N-dealkylation sites (N-methyl/N-ethyl adjacent to an activating group) is 1. The van der Waals surface area contributed by atoms with E-state index in [0.717, 1.165) is 52.0 Å². The van der Waals surface area contributed by atoms with Crippen molar-refractivity contribution >= 4 is 11.8 Å². The lowest BCUT2D eigenvalue weighted by Crippen LogP contribution is -2.40. The van der Waals surface area contributed by atoms with Gasteiger partial charge < -0.3 is 15.5 Å². The highest BCUT2D eigenvalue weighted by atomic mass is 16.2. The van der Waals surface area contributed by atoms with Gasteiger partial charge in [-0.2, -0.15) is 0 Å². The second-order valence-corrected chi connectivity index (χ2v) is 9.01. The number of benzene rings is 1. The van der Waals surface area contributed by atoms with E-state index in [2.05, 4.69) is 34.1 Å². The minimum atomic E-state index is -0.180. The Morgan fingerprint density at radius 1 is 1.00 bits per heavy atom. The molecule has 1 aromatic carbocycles. The fraction of sp³-hybridized carbons (Fsp3) is 0.667. The van der Waals surface area contributed by atoms with E-state index in [0.29, 0.717) is 6.42 Å². The van der Waals surface area contributed by atoms with Gasteiger partial charge in [0.15, 0.2) is 0 Å². The zero-order chi connectivity index (χ0) is 21.3. The van der Waals surface area contributed by atoms with Crippen molar-refractivity contribution in [3.63, 3.8) is 0 Å². The first-order chi connectivity index (χ1) is 14.5. The predicted molar refractivity (Wildman–Crippen MR) is 120 cm³/mol. The maximum absolute atomic E-state index is 12.5. The standard InChI is InChI=1S/C24H38N4O2/c1-26(16-17-27-13-3-2-4-14-27)23(29)12-11-20-7-9-21(10-8-20)18-28-15-5-6-22(19-28)24(25)30/h7-10,22H,2-6,11-19H2,1H3,(H2,25,30). The highest BCUT2D eigenvalue weighted by molar-refractivity contribution is 5.77. The van der Waals surface area contributed by atoms with Gasteiger partial charge in [-0.1, -0.05) is 30.7 Å². The number of nitrogens with two attached hydrogens (primary N) is 1. The quantitative estimate of drug-likeness (QED) is 0.673. The zero-order valence-electron chi connectivity index (χ0n) is 18.5. The minimum absolute atomic E-state index is 0.0176. The normalized spacial score (nSPS) is 20.8. The van der Waals surface area contributed by atoms with Crippen LogP contribution in [0, 0.1) is 5.92 Å². The van der Waals surface area contributed by atoms with Gasteiger partial charge >= 0.3 is 0 Å². The molecule has 2 fully saturated rings. The van der Waals surface area contributed by atoms with Crippen LogP contribution in [0.2, 0.25) is 0 Å².